The molecule has 1 fully saturated rings. The molecule has 1 amide bonds. The Balaban J connectivity index is 0.000000282. The molecule has 1 aromatic carbocycles. The average Bonchev–Trinajstić information content (AvgIpc) is 3.44. The maximum absolute atomic E-state index is 12.3. The zero-order valence-corrected chi connectivity index (χ0v) is 18.1. The molecule has 1 saturated heterocycles. The molecule has 158 valence electrons. The highest BCUT2D eigenvalue weighted by Crippen LogP contribution is 2.18. The van der Waals surface area contributed by atoms with Crippen molar-refractivity contribution >= 4 is 33.3 Å². The van der Waals surface area contributed by atoms with Gasteiger partial charge in [0, 0.05) is 42.2 Å². The van der Waals surface area contributed by atoms with Crippen molar-refractivity contribution in [1.29, 1.82) is 0 Å². The summed E-state index contributed by atoms with van der Waals surface area (Å²) in [6, 6.07) is 15.5. The maximum atomic E-state index is 12.3. The van der Waals surface area contributed by atoms with Crippen LogP contribution in [0.5, 0.6) is 0 Å². The summed E-state index contributed by atoms with van der Waals surface area (Å²) < 4.78 is 14.5. The molecule has 5 rings (SSSR count). The van der Waals surface area contributed by atoms with Crippen molar-refractivity contribution in [1.82, 2.24) is 24.9 Å². The molecule has 0 saturated carbocycles. The lowest BCUT2D eigenvalue weighted by atomic mass is 10.2. The van der Waals surface area contributed by atoms with E-state index in [0.717, 1.165) is 35.4 Å². The van der Waals surface area contributed by atoms with Gasteiger partial charge in [0.2, 0.25) is 0 Å². The summed E-state index contributed by atoms with van der Waals surface area (Å²) in [5.74, 6) is 0.564. The highest BCUT2D eigenvalue weighted by molar-refractivity contribution is 9.10. The van der Waals surface area contributed by atoms with E-state index >= 15 is 0 Å². The van der Waals surface area contributed by atoms with Gasteiger partial charge in [0.25, 0.3) is 5.91 Å². The predicted molar refractivity (Wildman–Crippen MR) is 119 cm³/mol. The molecule has 0 radical (unpaired) electrons. The molecule has 31 heavy (non-hydrogen) atoms. The molecule has 9 heteroatoms. The third-order valence-corrected chi connectivity index (χ3v) is 5.25. The van der Waals surface area contributed by atoms with E-state index in [9.17, 15) is 9.18 Å². The Morgan fingerprint density at radius 1 is 1.10 bits per heavy atom. The number of anilines is 1. The molecule has 1 atom stereocenters. The fraction of sp³-hybridized carbons (Fsp3) is 0.182. The van der Waals surface area contributed by atoms with Gasteiger partial charge in [-0.05, 0) is 58.7 Å². The third-order valence-electron chi connectivity index (χ3n) is 4.78. The van der Waals surface area contributed by atoms with Gasteiger partial charge in [0.05, 0.1) is 0 Å². The predicted octanol–water partition coefficient (Wildman–Crippen LogP) is 3.72. The minimum absolute atomic E-state index is 0.0863. The topological polar surface area (TPSA) is 75.4 Å². The fourth-order valence-electron chi connectivity index (χ4n) is 3.24. The number of hydrogen-bond acceptors (Lipinski definition) is 5. The fourth-order valence-corrected chi connectivity index (χ4v) is 3.48. The van der Waals surface area contributed by atoms with Gasteiger partial charge in [-0.25, -0.2) is 18.9 Å². The largest absolute Gasteiger partial charge is 0.353 e. The first-order chi connectivity index (χ1) is 15.1. The number of hydrogen-bond donors (Lipinski definition) is 1. The number of nitrogens with zero attached hydrogens (tertiary/aromatic N) is 5. The monoisotopic (exact) mass is 482 g/mol. The SMILES string of the molecule is Fc1ccccc1.O=C(N[C@H]1CCN(c2ccc3nccn3n2)C1)c1ccc(Br)cn1. The molecular formula is C22H20BrFN6O. The maximum Gasteiger partial charge on any atom is 0.270 e. The molecule has 1 aliphatic heterocycles. The van der Waals surface area contributed by atoms with Crippen LogP contribution in [0.2, 0.25) is 0 Å². The highest BCUT2D eigenvalue weighted by atomic mass is 79.9. The van der Waals surface area contributed by atoms with Crippen molar-refractivity contribution in [3.05, 3.63) is 89.2 Å². The Morgan fingerprint density at radius 2 is 1.94 bits per heavy atom. The lowest BCUT2D eigenvalue weighted by molar-refractivity contribution is 0.0935. The van der Waals surface area contributed by atoms with Gasteiger partial charge in [-0.1, -0.05) is 18.2 Å². The number of pyridine rings is 1. The van der Waals surface area contributed by atoms with Crippen LogP contribution in [0.15, 0.2) is 77.7 Å². The molecule has 0 aliphatic carbocycles. The summed E-state index contributed by atoms with van der Waals surface area (Å²) in [7, 11) is 0. The molecule has 3 aromatic heterocycles. The normalized spacial score (nSPS) is 15.4. The van der Waals surface area contributed by atoms with Crippen LogP contribution in [0.4, 0.5) is 10.2 Å². The van der Waals surface area contributed by atoms with E-state index < -0.39 is 0 Å². The Labute approximate surface area is 187 Å². The minimum atomic E-state index is -0.178. The van der Waals surface area contributed by atoms with Gasteiger partial charge in [0.1, 0.15) is 17.3 Å². The molecule has 4 heterocycles. The summed E-state index contributed by atoms with van der Waals surface area (Å²) >= 11 is 3.32. The zero-order chi connectivity index (χ0) is 21.6. The number of rotatable bonds is 3. The average molecular weight is 483 g/mol. The van der Waals surface area contributed by atoms with Crippen LogP contribution in [0, 0.1) is 5.82 Å². The number of carbonyl (C=O) groups excluding carboxylic acids is 1. The number of benzene rings is 1. The third kappa shape index (κ3) is 5.43. The Morgan fingerprint density at radius 3 is 2.65 bits per heavy atom. The van der Waals surface area contributed by atoms with Crippen LogP contribution >= 0.6 is 15.9 Å². The standard InChI is InChI=1S/C16H15BrN6O.C6H5F/c17-11-1-2-13(19-9-11)16(24)20-12-5-7-22(10-12)15-4-3-14-18-6-8-23(14)21-15;7-6-4-2-1-3-5-6/h1-4,6,8-9,12H,5,7,10H2,(H,20,24);1-5H/t12-;/m0./s1. The van der Waals surface area contributed by atoms with Crippen molar-refractivity contribution in [3.8, 4) is 0 Å². The van der Waals surface area contributed by atoms with Crippen molar-refractivity contribution in [2.75, 3.05) is 18.0 Å². The molecule has 0 bridgehead atoms. The second kappa shape index (κ2) is 9.65. The van der Waals surface area contributed by atoms with E-state index in [4.69, 9.17) is 0 Å². The highest BCUT2D eigenvalue weighted by Gasteiger charge is 2.25. The molecule has 0 spiro atoms. The van der Waals surface area contributed by atoms with Crippen LogP contribution in [0.25, 0.3) is 5.65 Å². The van der Waals surface area contributed by atoms with Gasteiger partial charge in [0.15, 0.2) is 5.65 Å². The second-order valence-electron chi connectivity index (χ2n) is 6.98. The van der Waals surface area contributed by atoms with Crippen molar-refractivity contribution in [2.45, 2.75) is 12.5 Å². The minimum Gasteiger partial charge on any atom is -0.353 e. The van der Waals surface area contributed by atoms with Crippen molar-refractivity contribution in [3.63, 3.8) is 0 Å². The number of fused-ring (bicyclic) bond motifs is 1. The number of aromatic nitrogens is 4. The van der Waals surface area contributed by atoms with Crippen LogP contribution in [-0.4, -0.2) is 44.6 Å². The Bertz CT molecular complexity index is 1150. The lowest BCUT2D eigenvalue weighted by Crippen LogP contribution is -2.37. The van der Waals surface area contributed by atoms with Crippen molar-refractivity contribution < 1.29 is 9.18 Å². The van der Waals surface area contributed by atoms with Crippen molar-refractivity contribution in [2.24, 2.45) is 0 Å². The molecule has 1 aliphatic rings. The van der Waals surface area contributed by atoms with Crippen LogP contribution in [-0.2, 0) is 0 Å². The number of amides is 1. The Hall–Kier alpha value is -3.33. The summed E-state index contributed by atoms with van der Waals surface area (Å²) in [6.07, 6.45) is 6.06. The van der Waals surface area contributed by atoms with E-state index in [1.807, 2.05) is 24.4 Å². The quantitative estimate of drug-likeness (QED) is 0.481. The number of nitrogens with one attached hydrogen (secondary N) is 1. The Kier molecular flexibility index (Phi) is 6.51. The second-order valence-corrected chi connectivity index (χ2v) is 7.90. The van der Waals surface area contributed by atoms with Crippen LogP contribution in [0.3, 0.4) is 0 Å². The molecule has 0 unspecified atom stereocenters. The van der Waals surface area contributed by atoms with E-state index in [2.05, 4.69) is 41.2 Å². The smallest absolute Gasteiger partial charge is 0.270 e. The number of carbonyl (C=O) groups is 1. The first-order valence-electron chi connectivity index (χ1n) is 9.77. The van der Waals surface area contributed by atoms with Gasteiger partial charge in [-0.2, -0.15) is 0 Å². The summed E-state index contributed by atoms with van der Waals surface area (Å²) in [5, 5.41) is 7.59. The first-order valence-corrected chi connectivity index (χ1v) is 10.6. The zero-order valence-electron chi connectivity index (χ0n) is 16.5. The van der Waals surface area contributed by atoms with Crippen LogP contribution < -0.4 is 10.2 Å². The molecule has 7 nitrogen and oxygen atoms in total. The number of halogens is 2. The van der Waals surface area contributed by atoms with Gasteiger partial charge in [-0.3, -0.25) is 4.79 Å². The first kappa shape index (κ1) is 20.9. The number of imidazole rings is 1. The molecule has 4 aromatic rings. The van der Waals surface area contributed by atoms with E-state index in [0.29, 0.717) is 5.69 Å². The van der Waals surface area contributed by atoms with Gasteiger partial charge >= 0.3 is 0 Å². The van der Waals surface area contributed by atoms with Gasteiger partial charge in [-0.15, -0.1) is 5.10 Å². The summed E-state index contributed by atoms with van der Waals surface area (Å²) in [5.41, 5.74) is 1.25. The van der Waals surface area contributed by atoms with E-state index in [-0.39, 0.29) is 17.8 Å². The van der Waals surface area contributed by atoms with Crippen LogP contribution in [0.1, 0.15) is 16.9 Å². The molecular weight excluding hydrogens is 463 g/mol. The summed E-state index contributed by atoms with van der Waals surface area (Å²) in [6.45, 7) is 1.58. The molecule has 1 N–H and O–H groups in total. The van der Waals surface area contributed by atoms with E-state index in [1.165, 1.54) is 12.1 Å². The van der Waals surface area contributed by atoms with E-state index in [1.54, 1.807) is 41.2 Å². The summed E-state index contributed by atoms with van der Waals surface area (Å²) in [4.78, 5) is 22.8. The van der Waals surface area contributed by atoms with Gasteiger partial charge < -0.3 is 10.2 Å². The lowest BCUT2D eigenvalue weighted by Gasteiger charge is -2.17.